The van der Waals surface area contributed by atoms with E-state index in [0.717, 1.165) is 41.1 Å². The van der Waals surface area contributed by atoms with Crippen LogP contribution < -0.4 is 5.32 Å². The van der Waals surface area contributed by atoms with Crippen LogP contribution >= 0.6 is 27.7 Å². The fourth-order valence-corrected chi connectivity index (χ4v) is 3.62. The molecule has 2 heterocycles. The van der Waals surface area contributed by atoms with Crippen LogP contribution in [-0.2, 0) is 6.54 Å². The summed E-state index contributed by atoms with van der Waals surface area (Å²) in [6, 6.07) is 2.24. The van der Waals surface area contributed by atoms with Crippen molar-refractivity contribution < 1.29 is 4.79 Å². The number of amides is 1. The van der Waals surface area contributed by atoms with E-state index in [4.69, 9.17) is 0 Å². The average molecular weight is 317 g/mol. The molecule has 1 aliphatic rings. The number of carbonyl (C=O) groups is 1. The van der Waals surface area contributed by atoms with Crippen LogP contribution in [0.3, 0.4) is 0 Å². The van der Waals surface area contributed by atoms with Crippen molar-refractivity contribution in [1.82, 2.24) is 9.88 Å². The lowest BCUT2D eigenvalue weighted by Gasteiger charge is -2.12. The number of aromatic nitrogens is 1. The molecule has 0 saturated carbocycles. The van der Waals surface area contributed by atoms with Crippen molar-refractivity contribution in [2.75, 3.05) is 11.5 Å². The number of hydrogen-bond acceptors (Lipinski definition) is 2. The number of hydrogen-bond donors (Lipinski definition) is 1. The predicted molar refractivity (Wildman–Crippen MR) is 75.6 cm³/mol. The van der Waals surface area contributed by atoms with Crippen LogP contribution in [0.4, 0.5) is 0 Å². The van der Waals surface area contributed by atoms with Crippen LogP contribution in [0.25, 0.3) is 0 Å². The predicted octanol–water partition coefficient (Wildman–Crippen LogP) is 2.90. The van der Waals surface area contributed by atoms with Crippen molar-refractivity contribution in [3.05, 3.63) is 22.4 Å². The third-order valence-electron chi connectivity index (χ3n) is 2.83. The standard InChI is InChI=1S/C12H17BrN2OS/c1-2-4-15-7-9(13)6-11(15)12(16)14-10-3-5-17-8-10/h6-7,10H,2-5,8H2,1H3,(H,14,16). The summed E-state index contributed by atoms with van der Waals surface area (Å²) in [6.45, 7) is 3.00. The van der Waals surface area contributed by atoms with Gasteiger partial charge in [-0.2, -0.15) is 11.8 Å². The molecule has 17 heavy (non-hydrogen) atoms. The van der Waals surface area contributed by atoms with Crippen LogP contribution in [0.2, 0.25) is 0 Å². The molecule has 0 radical (unpaired) electrons. The van der Waals surface area contributed by atoms with Gasteiger partial charge >= 0.3 is 0 Å². The van der Waals surface area contributed by atoms with Crippen molar-refractivity contribution in [2.45, 2.75) is 32.4 Å². The maximum Gasteiger partial charge on any atom is 0.268 e. The largest absolute Gasteiger partial charge is 0.347 e. The molecular formula is C12H17BrN2OS. The summed E-state index contributed by atoms with van der Waals surface area (Å²) < 4.78 is 2.98. The molecule has 1 N–H and O–H groups in total. The van der Waals surface area contributed by atoms with E-state index in [-0.39, 0.29) is 5.91 Å². The number of rotatable bonds is 4. The molecule has 3 nitrogen and oxygen atoms in total. The lowest BCUT2D eigenvalue weighted by molar-refractivity contribution is 0.0931. The monoisotopic (exact) mass is 316 g/mol. The zero-order valence-corrected chi connectivity index (χ0v) is 12.3. The molecule has 1 aromatic heterocycles. The first kappa shape index (κ1) is 13.0. The van der Waals surface area contributed by atoms with E-state index in [0.29, 0.717) is 6.04 Å². The highest BCUT2D eigenvalue weighted by Crippen LogP contribution is 2.19. The number of halogens is 1. The molecule has 1 saturated heterocycles. The van der Waals surface area contributed by atoms with Crippen molar-refractivity contribution in [1.29, 1.82) is 0 Å². The van der Waals surface area contributed by atoms with Crippen LogP contribution in [0, 0.1) is 0 Å². The highest BCUT2D eigenvalue weighted by atomic mass is 79.9. The van der Waals surface area contributed by atoms with E-state index in [1.165, 1.54) is 0 Å². The molecule has 1 atom stereocenters. The van der Waals surface area contributed by atoms with Gasteiger partial charge in [0.25, 0.3) is 5.91 Å². The Kier molecular flexibility index (Phi) is 4.56. The zero-order valence-electron chi connectivity index (χ0n) is 9.91. The van der Waals surface area contributed by atoms with Crippen LogP contribution in [0.5, 0.6) is 0 Å². The first-order valence-corrected chi connectivity index (χ1v) is 7.89. The number of carbonyl (C=O) groups excluding carboxylic acids is 1. The van der Waals surface area contributed by atoms with Crippen molar-refractivity contribution >= 4 is 33.6 Å². The fraction of sp³-hybridized carbons (Fsp3) is 0.583. The minimum absolute atomic E-state index is 0.0525. The van der Waals surface area contributed by atoms with Gasteiger partial charge in [-0.25, -0.2) is 0 Å². The first-order valence-electron chi connectivity index (χ1n) is 5.95. The summed E-state index contributed by atoms with van der Waals surface area (Å²) in [4.78, 5) is 12.1. The molecule has 2 rings (SSSR count). The van der Waals surface area contributed by atoms with E-state index in [1.807, 2.05) is 28.6 Å². The summed E-state index contributed by atoms with van der Waals surface area (Å²) >= 11 is 5.34. The van der Waals surface area contributed by atoms with Gasteiger partial charge in [-0.15, -0.1) is 0 Å². The minimum Gasteiger partial charge on any atom is -0.347 e. The third kappa shape index (κ3) is 3.28. The average Bonchev–Trinajstić information content (AvgIpc) is 2.88. The van der Waals surface area contributed by atoms with E-state index < -0.39 is 0 Å². The lowest BCUT2D eigenvalue weighted by Crippen LogP contribution is -2.35. The molecule has 0 aromatic carbocycles. The van der Waals surface area contributed by atoms with Gasteiger partial charge < -0.3 is 9.88 Å². The smallest absolute Gasteiger partial charge is 0.268 e. The Morgan fingerprint density at radius 3 is 3.18 bits per heavy atom. The molecule has 94 valence electrons. The van der Waals surface area contributed by atoms with Crippen LogP contribution in [0.1, 0.15) is 30.3 Å². The Hall–Kier alpha value is -0.420. The second-order valence-corrected chi connectivity index (χ2v) is 6.34. The fourth-order valence-electron chi connectivity index (χ4n) is 2.00. The van der Waals surface area contributed by atoms with Gasteiger partial charge in [-0.3, -0.25) is 4.79 Å². The van der Waals surface area contributed by atoms with E-state index in [9.17, 15) is 4.79 Å². The maximum absolute atomic E-state index is 12.1. The molecule has 0 spiro atoms. The Bertz CT molecular complexity index is 399. The number of thioether (sulfide) groups is 1. The molecule has 0 aliphatic carbocycles. The molecule has 0 bridgehead atoms. The van der Waals surface area contributed by atoms with Gasteiger partial charge in [-0.05, 0) is 40.6 Å². The second kappa shape index (κ2) is 5.96. The summed E-state index contributed by atoms with van der Waals surface area (Å²) in [6.07, 6.45) is 4.09. The Labute approximate surface area is 114 Å². The van der Waals surface area contributed by atoms with Gasteiger partial charge in [0, 0.05) is 29.0 Å². The van der Waals surface area contributed by atoms with Crippen molar-refractivity contribution in [2.24, 2.45) is 0 Å². The quantitative estimate of drug-likeness (QED) is 0.926. The molecule has 1 unspecified atom stereocenters. The zero-order chi connectivity index (χ0) is 12.3. The highest BCUT2D eigenvalue weighted by Gasteiger charge is 2.20. The van der Waals surface area contributed by atoms with Crippen LogP contribution in [0.15, 0.2) is 16.7 Å². The van der Waals surface area contributed by atoms with Gasteiger partial charge in [0.2, 0.25) is 0 Å². The summed E-state index contributed by atoms with van der Waals surface area (Å²) in [5, 5.41) is 3.11. The number of nitrogens with zero attached hydrogens (tertiary/aromatic N) is 1. The first-order chi connectivity index (χ1) is 8.20. The SMILES string of the molecule is CCCn1cc(Br)cc1C(=O)NC1CCSC1. The van der Waals surface area contributed by atoms with Gasteiger partial charge in [-0.1, -0.05) is 6.92 Å². The van der Waals surface area contributed by atoms with Gasteiger partial charge in [0.1, 0.15) is 5.69 Å². The summed E-state index contributed by atoms with van der Waals surface area (Å²) in [5.41, 5.74) is 0.760. The third-order valence-corrected chi connectivity index (χ3v) is 4.42. The number of aryl methyl sites for hydroxylation is 1. The maximum atomic E-state index is 12.1. The van der Waals surface area contributed by atoms with Gasteiger partial charge in [0.15, 0.2) is 0 Å². The minimum atomic E-state index is 0.0525. The topological polar surface area (TPSA) is 34.0 Å². The van der Waals surface area contributed by atoms with Crippen molar-refractivity contribution in [3.8, 4) is 0 Å². The summed E-state index contributed by atoms with van der Waals surface area (Å²) in [7, 11) is 0. The molecule has 1 amide bonds. The Morgan fingerprint density at radius 2 is 2.53 bits per heavy atom. The Morgan fingerprint density at radius 1 is 1.71 bits per heavy atom. The molecule has 1 aliphatic heterocycles. The van der Waals surface area contributed by atoms with Crippen molar-refractivity contribution in [3.63, 3.8) is 0 Å². The number of nitrogens with one attached hydrogen (secondary N) is 1. The van der Waals surface area contributed by atoms with Crippen LogP contribution in [-0.4, -0.2) is 28.0 Å². The highest BCUT2D eigenvalue weighted by molar-refractivity contribution is 9.10. The second-order valence-electron chi connectivity index (χ2n) is 4.27. The molecule has 1 aromatic rings. The Balaban J connectivity index is 2.06. The molecule has 5 heteroatoms. The molecule has 1 fully saturated rings. The van der Waals surface area contributed by atoms with E-state index >= 15 is 0 Å². The van der Waals surface area contributed by atoms with Gasteiger partial charge in [0.05, 0.1) is 0 Å². The summed E-state index contributed by atoms with van der Waals surface area (Å²) in [5.74, 6) is 2.25. The lowest BCUT2D eigenvalue weighted by atomic mass is 10.2. The van der Waals surface area contributed by atoms with E-state index in [2.05, 4.69) is 28.2 Å². The normalized spacial score (nSPS) is 19.5. The van der Waals surface area contributed by atoms with E-state index in [1.54, 1.807) is 0 Å². The molecular weight excluding hydrogens is 300 g/mol.